The third-order valence-corrected chi connectivity index (χ3v) is 3.74. The predicted octanol–water partition coefficient (Wildman–Crippen LogP) is 2.16. The molecule has 0 radical (unpaired) electrons. The van der Waals surface area contributed by atoms with Crippen LogP contribution >= 0.6 is 0 Å². The maximum Gasteiger partial charge on any atom is 0.153 e. The number of hydrogen-bond donors (Lipinski definition) is 1. The fourth-order valence-corrected chi connectivity index (χ4v) is 2.51. The van der Waals surface area contributed by atoms with Crippen molar-refractivity contribution in [3.05, 3.63) is 11.6 Å². The standard InChI is InChI=1S/C12H22N4/c1-9-14-15-11(12(2,3)13-4)16(9)10-7-5-6-8-10/h10,13H,5-8H2,1-4H3. The lowest BCUT2D eigenvalue weighted by Gasteiger charge is -2.26. The number of hydrogen-bond acceptors (Lipinski definition) is 3. The molecule has 0 amide bonds. The maximum atomic E-state index is 4.35. The molecule has 1 fully saturated rings. The summed E-state index contributed by atoms with van der Waals surface area (Å²) in [7, 11) is 1.98. The van der Waals surface area contributed by atoms with Crippen LogP contribution in [0.5, 0.6) is 0 Å². The molecule has 0 bridgehead atoms. The van der Waals surface area contributed by atoms with Crippen molar-refractivity contribution in [1.82, 2.24) is 20.1 Å². The summed E-state index contributed by atoms with van der Waals surface area (Å²) in [5, 5.41) is 11.9. The van der Waals surface area contributed by atoms with Crippen LogP contribution in [0.25, 0.3) is 0 Å². The summed E-state index contributed by atoms with van der Waals surface area (Å²) in [5.41, 5.74) is -0.107. The van der Waals surface area contributed by atoms with E-state index in [1.807, 2.05) is 7.05 Å². The molecule has 4 nitrogen and oxygen atoms in total. The zero-order valence-corrected chi connectivity index (χ0v) is 10.7. The molecule has 1 aromatic heterocycles. The molecule has 1 aromatic rings. The normalized spacial score (nSPS) is 18.2. The summed E-state index contributed by atoms with van der Waals surface area (Å²) in [6, 6.07) is 0.609. The Kier molecular flexibility index (Phi) is 3.02. The van der Waals surface area contributed by atoms with Gasteiger partial charge in [-0.15, -0.1) is 10.2 Å². The lowest BCUT2D eigenvalue weighted by Crippen LogP contribution is -2.37. The minimum Gasteiger partial charge on any atom is -0.311 e. The lowest BCUT2D eigenvalue weighted by atomic mass is 10.0. The molecule has 0 saturated heterocycles. The highest BCUT2D eigenvalue weighted by Gasteiger charge is 2.30. The summed E-state index contributed by atoms with van der Waals surface area (Å²) < 4.78 is 2.34. The van der Waals surface area contributed by atoms with Crippen LogP contribution in [0.2, 0.25) is 0 Å². The molecular weight excluding hydrogens is 200 g/mol. The van der Waals surface area contributed by atoms with Crippen molar-refractivity contribution in [2.24, 2.45) is 0 Å². The van der Waals surface area contributed by atoms with Gasteiger partial charge in [0.1, 0.15) is 5.82 Å². The largest absolute Gasteiger partial charge is 0.311 e. The average molecular weight is 222 g/mol. The fourth-order valence-electron chi connectivity index (χ4n) is 2.51. The maximum absolute atomic E-state index is 4.35. The second kappa shape index (κ2) is 4.17. The monoisotopic (exact) mass is 222 g/mol. The zero-order chi connectivity index (χ0) is 11.8. The smallest absolute Gasteiger partial charge is 0.153 e. The highest BCUT2D eigenvalue weighted by molar-refractivity contribution is 5.08. The minimum absolute atomic E-state index is 0.107. The van der Waals surface area contributed by atoms with E-state index in [9.17, 15) is 0 Å². The van der Waals surface area contributed by atoms with Crippen molar-refractivity contribution >= 4 is 0 Å². The number of aromatic nitrogens is 3. The van der Waals surface area contributed by atoms with Gasteiger partial charge in [-0.25, -0.2) is 0 Å². The molecule has 1 aliphatic rings. The number of nitrogens with one attached hydrogen (secondary N) is 1. The van der Waals surface area contributed by atoms with Crippen LogP contribution in [0.1, 0.15) is 57.2 Å². The van der Waals surface area contributed by atoms with Crippen molar-refractivity contribution in [3.8, 4) is 0 Å². The van der Waals surface area contributed by atoms with E-state index in [0.29, 0.717) is 6.04 Å². The molecule has 1 N–H and O–H groups in total. The molecule has 90 valence electrons. The first-order chi connectivity index (χ1) is 7.56. The van der Waals surface area contributed by atoms with E-state index >= 15 is 0 Å². The summed E-state index contributed by atoms with van der Waals surface area (Å²) in [5.74, 6) is 2.12. The Hall–Kier alpha value is -0.900. The number of rotatable bonds is 3. The zero-order valence-electron chi connectivity index (χ0n) is 10.7. The topological polar surface area (TPSA) is 42.7 Å². The van der Waals surface area contributed by atoms with Crippen molar-refractivity contribution in [2.45, 2.75) is 58.0 Å². The Bertz CT molecular complexity index is 361. The molecule has 4 heteroatoms. The van der Waals surface area contributed by atoms with E-state index in [-0.39, 0.29) is 5.54 Å². The summed E-state index contributed by atoms with van der Waals surface area (Å²) in [6.07, 6.45) is 5.21. The van der Waals surface area contributed by atoms with Gasteiger partial charge in [-0.2, -0.15) is 0 Å². The Balaban J connectivity index is 2.39. The van der Waals surface area contributed by atoms with Crippen LogP contribution in [0, 0.1) is 6.92 Å². The van der Waals surface area contributed by atoms with Crippen LogP contribution in [0.4, 0.5) is 0 Å². The predicted molar refractivity (Wildman–Crippen MR) is 64.3 cm³/mol. The molecular formula is C12H22N4. The van der Waals surface area contributed by atoms with Crippen molar-refractivity contribution in [3.63, 3.8) is 0 Å². The van der Waals surface area contributed by atoms with Gasteiger partial charge in [0.05, 0.1) is 5.54 Å². The van der Waals surface area contributed by atoms with Gasteiger partial charge in [0.25, 0.3) is 0 Å². The van der Waals surface area contributed by atoms with Crippen molar-refractivity contribution in [2.75, 3.05) is 7.05 Å². The SMILES string of the molecule is CNC(C)(C)c1nnc(C)n1C1CCCC1. The van der Waals surface area contributed by atoms with Crippen LogP contribution in [-0.4, -0.2) is 21.8 Å². The molecule has 0 unspecified atom stereocenters. The Morgan fingerprint density at radius 1 is 1.25 bits per heavy atom. The lowest BCUT2D eigenvalue weighted by molar-refractivity contribution is 0.368. The van der Waals surface area contributed by atoms with Crippen LogP contribution in [0.3, 0.4) is 0 Å². The molecule has 0 atom stereocenters. The second-order valence-corrected chi connectivity index (χ2v) is 5.25. The fraction of sp³-hybridized carbons (Fsp3) is 0.833. The molecule has 1 saturated carbocycles. The van der Waals surface area contributed by atoms with Gasteiger partial charge in [-0.1, -0.05) is 12.8 Å². The van der Waals surface area contributed by atoms with Gasteiger partial charge in [0, 0.05) is 6.04 Å². The van der Waals surface area contributed by atoms with Crippen LogP contribution in [-0.2, 0) is 5.54 Å². The molecule has 0 aliphatic heterocycles. The van der Waals surface area contributed by atoms with E-state index < -0.39 is 0 Å². The average Bonchev–Trinajstić information content (AvgIpc) is 2.86. The Morgan fingerprint density at radius 3 is 2.44 bits per heavy atom. The highest BCUT2D eigenvalue weighted by atomic mass is 15.3. The van der Waals surface area contributed by atoms with E-state index in [0.717, 1.165) is 11.6 Å². The van der Waals surface area contributed by atoms with E-state index in [2.05, 4.69) is 40.9 Å². The third-order valence-electron chi connectivity index (χ3n) is 3.74. The molecule has 2 rings (SSSR count). The summed E-state index contributed by atoms with van der Waals surface area (Å²) in [4.78, 5) is 0. The van der Waals surface area contributed by atoms with E-state index in [4.69, 9.17) is 0 Å². The molecule has 0 aromatic carbocycles. The van der Waals surface area contributed by atoms with Crippen molar-refractivity contribution in [1.29, 1.82) is 0 Å². The summed E-state index contributed by atoms with van der Waals surface area (Å²) >= 11 is 0. The van der Waals surface area contributed by atoms with Gasteiger partial charge in [0.15, 0.2) is 5.82 Å². The van der Waals surface area contributed by atoms with Gasteiger partial charge in [-0.3, -0.25) is 0 Å². The number of aryl methyl sites for hydroxylation is 1. The third kappa shape index (κ3) is 1.86. The first-order valence-corrected chi connectivity index (χ1v) is 6.17. The van der Waals surface area contributed by atoms with E-state index in [1.165, 1.54) is 25.7 Å². The van der Waals surface area contributed by atoms with Gasteiger partial charge in [0.2, 0.25) is 0 Å². The van der Waals surface area contributed by atoms with Gasteiger partial charge < -0.3 is 9.88 Å². The van der Waals surface area contributed by atoms with Gasteiger partial charge >= 0.3 is 0 Å². The molecule has 1 aliphatic carbocycles. The van der Waals surface area contributed by atoms with Gasteiger partial charge in [-0.05, 0) is 40.7 Å². The second-order valence-electron chi connectivity index (χ2n) is 5.25. The van der Waals surface area contributed by atoms with Crippen LogP contribution < -0.4 is 5.32 Å². The highest BCUT2D eigenvalue weighted by Crippen LogP contribution is 2.33. The van der Waals surface area contributed by atoms with Crippen LogP contribution in [0.15, 0.2) is 0 Å². The Labute approximate surface area is 97.5 Å². The number of nitrogens with zero attached hydrogens (tertiary/aromatic N) is 3. The molecule has 0 spiro atoms. The van der Waals surface area contributed by atoms with E-state index in [1.54, 1.807) is 0 Å². The first kappa shape index (κ1) is 11.6. The molecule has 1 heterocycles. The van der Waals surface area contributed by atoms with Crippen molar-refractivity contribution < 1.29 is 0 Å². The molecule has 16 heavy (non-hydrogen) atoms. The quantitative estimate of drug-likeness (QED) is 0.852. The summed E-state index contributed by atoms with van der Waals surface area (Å²) in [6.45, 7) is 6.37. The minimum atomic E-state index is -0.107. The first-order valence-electron chi connectivity index (χ1n) is 6.17. The Morgan fingerprint density at radius 2 is 1.88 bits per heavy atom.